The molecule has 134 valence electrons. The van der Waals surface area contributed by atoms with Gasteiger partial charge in [-0.3, -0.25) is 9.59 Å². The predicted molar refractivity (Wildman–Crippen MR) is 90.1 cm³/mol. The van der Waals surface area contributed by atoms with Gasteiger partial charge < -0.3 is 21.5 Å². The molecule has 10 nitrogen and oxygen atoms in total. The SMILES string of the molecule is [N-]=[N+]=Nc1ccc(C(=O)NCC(=O)N[C@@H](CCCCN)C(=O)O)cc1. The van der Waals surface area contributed by atoms with Gasteiger partial charge in [0.2, 0.25) is 5.91 Å². The molecule has 0 bridgehead atoms. The molecule has 0 saturated heterocycles. The molecule has 25 heavy (non-hydrogen) atoms. The Morgan fingerprint density at radius 2 is 1.92 bits per heavy atom. The van der Waals surface area contributed by atoms with Crippen molar-refractivity contribution in [1.82, 2.24) is 10.6 Å². The number of unbranched alkanes of at least 4 members (excludes halogenated alkanes) is 1. The van der Waals surface area contributed by atoms with Gasteiger partial charge in [0.25, 0.3) is 5.91 Å². The summed E-state index contributed by atoms with van der Waals surface area (Å²) in [6, 6.07) is 4.81. The summed E-state index contributed by atoms with van der Waals surface area (Å²) in [5.41, 5.74) is 14.3. The standard InChI is InChI=1S/C15H20N6O4/c16-8-2-1-3-12(15(24)25)19-13(22)9-18-14(23)10-4-6-11(7-5-10)20-21-17/h4-7,12H,1-3,8-9,16H2,(H,18,23)(H,19,22)(H,24,25)/t12-/m0/s1. The molecule has 0 heterocycles. The molecule has 10 heteroatoms. The smallest absolute Gasteiger partial charge is 0.326 e. The summed E-state index contributed by atoms with van der Waals surface area (Å²) in [5.74, 6) is -2.23. The molecule has 1 atom stereocenters. The molecule has 0 radical (unpaired) electrons. The monoisotopic (exact) mass is 348 g/mol. The molecule has 5 N–H and O–H groups in total. The molecule has 0 spiro atoms. The third-order valence-corrected chi connectivity index (χ3v) is 3.28. The number of carboxylic acids is 1. The number of hydrogen-bond acceptors (Lipinski definition) is 5. The average molecular weight is 348 g/mol. The fraction of sp³-hybridized carbons (Fsp3) is 0.400. The zero-order valence-corrected chi connectivity index (χ0v) is 13.5. The third-order valence-electron chi connectivity index (χ3n) is 3.28. The molecular weight excluding hydrogens is 328 g/mol. The third kappa shape index (κ3) is 7.34. The fourth-order valence-electron chi connectivity index (χ4n) is 1.99. The summed E-state index contributed by atoms with van der Waals surface area (Å²) < 4.78 is 0. The van der Waals surface area contributed by atoms with Crippen molar-refractivity contribution in [2.45, 2.75) is 25.3 Å². The van der Waals surface area contributed by atoms with Gasteiger partial charge in [0.05, 0.1) is 6.54 Å². The summed E-state index contributed by atoms with van der Waals surface area (Å²) in [4.78, 5) is 37.5. The Morgan fingerprint density at radius 1 is 1.24 bits per heavy atom. The Hall–Kier alpha value is -3.10. The van der Waals surface area contributed by atoms with E-state index in [-0.39, 0.29) is 18.5 Å². The molecule has 0 aliphatic rings. The zero-order valence-electron chi connectivity index (χ0n) is 13.5. The van der Waals surface area contributed by atoms with Crippen LogP contribution in [0.25, 0.3) is 10.4 Å². The number of nitrogens with two attached hydrogens (primary N) is 1. The largest absolute Gasteiger partial charge is 0.480 e. The minimum Gasteiger partial charge on any atom is -0.480 e. The van der Waals surface area contributed by atoms with Crippen molar-refractivity contribution in [1.29, 1.82) is 0 Å². The summed E-state index contributed by atoms with van der Waals surface area (Å²) in [6.07, 6.45) is 1.52. The second-order valence-electron chi connectivity index (χ2n) is 5.16. The van der Waals surface area contributed by atoms with Crippen molar-refractivity contribution in [3.05, 3.63) is 40.3 Å². The lowest BCUT2D eigenvalue weighted by Crippen LogP contribution is -2.45. The van der Waals surface area contributed by atoms with Gasteiger partial charge in [0, 0.05) is 16.2 Å². The molecule has 1 aromatic carbocycles. The number of azide groups is 1. The van der Waals surface area contributed by atoms with Gasteiger partial charge in [-0.1, -0.05) is 17.2 Å². The highest BCUT2D eigenvalue weighted by Gasteiger charge is 2.19. The molecule has 0 aliphatic carbocycles. The van der Waals surface area contributed by atoms with E-state index in [1.807, 2.05) is 0 Å². The van der Waals surface area contributed by atoms with E-state index >= 15 is 0 Å². The first-order valence-electron chi connectivity index (χ1n) is 7.63. The minimum atomic E-state index is -1.13. The summed E-state index contributed by atoms with van der Waals surface area (Å²) in [7, 11) is 0. The van der Waals surface area contributed by atoms with E-state index < -0.39 is 23.8 Å². The average Bonchev–Trinajstić information content (AvgIpc) is 2.59. The minimum absolute atomic E-state index is 0.271. The molecule has 0 unspecified atom stereocenters. The van der Waals surface area contributed by atoms with E-state index in [4.69, 9.17) is 16.4 Å². The molecule has 0 aromatic heterocycles. The molecule has 2 amide bonds. The number of benzene rings is 1. The van der Waals surface area contributed by atoms with Crippen LogP contribution in [0.15, 0.2) is 29.4 Å². The molecule has 1 rings (SSSR count). The lowest BCUT2D eigenvalue weighted by Gasteiger charge is -2.14. The highest BCUT2D eigenvalue weighted by atomic mass is 16.4. The molecular formula is C15H20N6O4. The van der Waals surface area contributed by atoms with E-state index in [1.54, 1.807) is 0 Å². The van der Waals surface area contributed by atoms with Crippen molar-refractivity contribution in [2.24, 2.45) is 10.8 Å². The number of hydrogen-bond donors (Lipinski definition) is 4. The zero-order chi connectivity index (χ0) is 18.7. The van der Waals surface area contributed by atoms with E-state index in [0.717, 1.165) is 0 Å². The maximum Gasteiger partial charge on any atom is 0.326 e. The van der Waals surface area contributed by atoms with E-state index in [1.165, 1.54) is 24.3 Å². The number of carbonyl (C=O) groups excluding carboxylic acids is 2. The van der Waals surface area contributed by atoms with E-state index in [2.05, 4.69) is 20.7 Å². The van der Waals surface area contributed by atoms with Crippen molar-refractivity contribution in [3.8, 4) is 0 Å². The van der Waals surface area contributed by atoms with Crippen LogP contribution in [0, 0.1) is 0 Å². The van der Waals surface area contributed by atoms with Gasteiger partial charge in [0.15, 0.2) is 0 Å². The van der Waals surface area contributed by atoms with Gasteiger partial charge in [-0.05, 0) is 43.5 Å². The first kappa shape index (κ1) is 19.9. The van der Waals surface area contributed by atoms with Gasteiger partial charge in [-0.25, -0.2) is 4.79 Å². The quantitative estimate of drug-likeness (QED) is 0.214. The van der Waals surface area contributed by atoms with Gasteiger partial charge >= 0.3 is 5.97 Å². The van der Waals surface area contributed by atoms with Crippen LogP contribution in [0.2, 0.25) is 0 Å². The van der Waals surface area contributed by atoms with Crippen LogP contribution in [-0.2, 0) is 9.59 Å². The Labute approximate surface area is 144 Å². The number of amides is 2. The van der Waals surface area contributed by atoms with E-state index in [0.29, 0.717) is 25.1 Å². The van der Waals surface area contributed by atoms with Gasteiger partial charge in [-0.2, -0.15) is 0 Å². The summed E-state index contributed by atoms with van der Waals surface area (Å²) in [5, 5.41) is 17.2. The van der Waals surface area contributed by atoms with Crippen molar-refractivity contribution < 1.29 is 19.5 Å². The lowest BCUT2D eigenvalue weighted by atomic mass is 10.1. The Bertz CT molecular complexity index is 654. The van der Waals surface area contributed by atoms with Crippen LogP contribution >= 0.6 is 0 Å². The molecule has 0 fully saturated rings. The van der Waals surface area contributed by atoms with E-state index in [9.17, 15) is 14.4 Å². The van der Waals surface area contributed by atoms with Crippen molar-refractivity contribution >= 4 is 23.5 Å². The molecule has 0 saturated carbocycles. The maximum atomic E-state index is 11.9. The number of nitrogens with zero attached hydrogens (tertiary/aromatic N) is 3. The fourth-order valence-corrected chi connectivity index (χ4v) is 1.99. The predicted octanol–water partition coefficient (Wildman–Crippen LogP) is 1.06. The summed E-state index contributed by atoms with van der Waals surface area (Å²) in [6.45, 7) is 0.104. The first-order valence-corrected chi connectivity index (χ1v) is 7.63. The first-order chi connectivity index (χ1) is 12.0. The van der Waals surface area contributed by atoms with Crippen LogP contribution in [-0.4, -0.2) is 42.0 Å². The Morgan fingerprint density at radius 3 is 2.48 bits per heavy atom. The number of aliphatic carboxylic acids is 1. The van der Waals surface area contributed by atoms with Crippen LogP contribution in [0.1, 0.15) is 29.6 Å². The van der Waals surface area contributed by atoms with Crippen molar-refractivity contribution in [3.63, 3.8) is 0 Å². The molecule has 1 aromatic rings. The second kappa shape index (κ2) is 10.6. The maximum absolute atomic E-state index is 11.9. The van der Waals surface area contributed by atoms with Crippen LogP contribution < -0.4 is 16.4 Å². The highest BCUT2D eigenvalue weighted by Crippen LogP contribution is 2.12. The van der Waals surface area contributed by atoms with Gasteiger partial charge in [-0.15, -0.1) is 0 Å². The van der Waals surface area contributed by atoms with Crippen LogP contribution in [0.3, 0.4) is 0 Å². The number of nitrogens with one attached hydrogen (secondary N) is 2. The van der Waals surface area contributed by atoms with Crippen molar-refractivity contribution in [2.75, 3.05) is 13.1 Å². The Balaban J connectivity index is 2.49. The lowest BCUT2D eigenvalue weighted by molar-refractivity contribution is -0.141. The van der Waals surface area contributed by atoms with Crippen LogP contribution in [0.4, 0.5) is 5.69 Å². The second-order valence-corrected chi connectivity index (χ2v) is 5.16. The Kier molecular flexibility index (Phi) is 8.48. The summed E-state index contributed by atoms with van der Waals surface area (Å²) >= 11 is 0. The number of carboxylic acid groups (broad SMARTS) is 1. The number of carbonyl (C=O) groups is 3. The number of rotatable bonds is 10. The topological polar surface area (TPSA) is 170 Å². The molecule has 0 aliphatic heterocycles. The van der Waals surface area contributed by atoms with Gasteiger partial charge in [0.1, 0.15) is 6.04 Å². The van der Waals surface area contributed by atoms with Crippen LogP contribution in [0.5, 0.6) is 0 Å². The normalized spacial score (nSPS) is 11.1. The highest BCUT2D eigenvalue weighted by molar-refractivity contribution is 5.97.